The van der Waals surface area contributed by atoms with E-state index >= 15 is 0 Å². The minimum Gasteiger partial charge on any atom is -0.385 e. The molecule has 0 bridgehead atoms. The van der Waals surface area contributed by atoms with Crippen molar-refractivity contribution in [3.63, 3.8) is 0 Å². The largest absolute Gasteiger partial charge is 0.385 e. The fraction of sp³-hybridized carbons (Fsp3) is 0.625. The van der Waals surface area contributed by atoms with Crippen LogP contribution in [0.5, 0.6) is 0 Å². The Labute approximate surface area is 110 Å². The minimum atomic E-state index is 0.698. The maximum Gasteiger partial charge on any atom is 0.0376 e. The van der Waals surface area contributed by atoms with Gasteiger partial charge in [-0.3, -0.25) is 0 Å². The number of fused-ring (bicyclic) bond motifs is 1. The third kappa shape index (κ3) is 2.69. The van der Waals surface area contributed by atoms with Crippen LogP contribution in [-0.2, 0) is 0 Å². The van der Waals surface area contributed by atoms with Crippen LogP contribution in [-0.4, -0.2) is 19.1 Å². The van der Waals surface area contributed by atoms with Gasteiger partial charge in [-0.05, 0) is 30.9 Å². The number of hydrogen-bond acceptors (Lipinski definition) is 2. The van der Waals surface area contributed by atoms with E-state index in [0.29, 0.717) is 5.92 Å². The zero-order chi connectivity index (χ0) is 12.2. The highest BCUT2D eigenvalue weighted by molar-refractivity contribution is 5.54. The summed E-state index contributed by atoms with van der Waals surface area (Å²) in [6, 6.07) is 9.57. The van der Waals surface area contributed by atoms with Gasteiger partial charge in [-0.15, -0.1) is 0 Å². The number of nitrogens with one attached hydrogen (secondary N) is 2. The predicted octanol–water partition coefficient (Wildman–Crippen LogP) is 3.51. The third-order valence-electron chi connectivity index (χ3n) is 4.47. The molecule has 2 N–H and O–H groups in total. The molecule has 0 saturated heterocycles. The first-order chi connectivity index (χ1) is 8.93. The first kappa shape index (κ1) is 12.0. The fourth-order valence-corrected chi connectivity index (χ4v) is 3.38. The van der Waals surface area contributed by atoms with E-state index in [1.54, 1.807) is 0 Å². The Morgan fingerprint density at radius 3 is 2.78 bits per heavy atom. The van der Waals surface area contributed by atoms with Crippen molar-refractivity contribution >= 4 is 5.69 Å². The molecular weight excluding hydrogens is 220 g/mol. The number of anilines is 1. The van der Waals surface area contributed by atoms with Crippen LogP contribution < -0.4 is 10.6 Å². The summed E-state index contributed by atoms with van der Waals surface area (Å²) >= 11 is 0. The van der Waals surface area contributed by atoms with Crippen LogP contribution in [0.1, 0.15) is 50.0 Å². The standard InChI is InChI=1S/C16H24N2/c1-2-6-14(7-3-1)18-12-13-10-11-17-16-9-5-4-8-15(13)16/h4-5,8-9,13-14,17-18H,1-3,6-7,10-12H2. The van der Waals surface area contributed by atoms with Crippen molar-refractivity contribution in [2.45, 2.75) is 50.5 Å². The van der Waals surface area contributed by atoms with E-state index in [4.69, 9.17) is 0 Å². The lowest BCUT2D eigenvalue weighted by molar-refractivity contribution is 0.361. The molecule has 2 nitrogen and oxygen atoms in total. The molecule has 3 rings (SSSR count). The molecule has 2 heteroatoms. The average molecular weight is 244 g/mol. The van der Waals surface area contributed by atoms with Gasteiger partial charge in [-0.25, -0.2) is 0 Å². The van der Waals surface area contributed by atoms with Crippen LogP contribution in [0.2, 0.25) is 0 Å². The molecule has 18 heavy (non-hydrogen) atoms. The molecular formula is C16H24N2. The van der Waals surface area contributed by atoms with Gasteiger partial charge in [0.2, 0.25) is 0 Å². The number of rotatable bonds is 3. The molecule has 1 unspecified atom stereocenters. The van der Waals surface area contributed by atoms with Crippen molar-refractivity contribution < 1.29 is 0 Å². The van der Waals surface area contributed by atoms with E-state index in [0.717, 1.165) is 19.1 Å². The van der Waals surface area contributed by atoms with Gasteiger partial charge < -0.3 is 10.6 Å². The zero-order valence-electron chi connectivity index (χ0n) is 11.1. The van der Waals surface area contributed by atoms with Gasteiger partial charge in [0, 0.05) is 30.7 Å². The van der Waals surface area contributed by atoms with Crippen LogP contribution >= 0.6 is 0 Å². The van der Waals surface area contributed by atoms with E-state index in [1.165, 1.54) is 49.8 Å². The number of benzene rings is 1. The quantitative estimate of drug-likeness (QED) is 0.850. The lowest BCUT2D eigenvalue weighted by Crippen LogP contribution is -2.35. The molecule has 1 aliphatic heterocycles. The molecule has 2 aliphatic rings. The van der Waals surface area contributed by atoms with Crippen molar-refractivity contribution in [3.8, 4) is 0 Å². The minimum absolute atomic E-state index is 0.698. The van der Waals surface area contributed by atoms with E-state index < -0.39 is 0 Å². The number of para-hydroxylation sites is 1. The summed E-state index contributed by atoms with van der Waals surface area (Å²) in [6.07, 6.45) is 8.30. The highest BCUT2D eigenvalue weighted by Gasteiger charge is 2.21. The Kier molecular flexibility index (Phi) is 3.84. The Bertz CT molecular complexity index is 382. The van der Waals surface area contributed by atoms with Crippen LogP contribution in [0.4, 0.5) is 5.69 Å². The summed E-state index contributed by atoms with van der Waals surface area (Å²) in [7, 11) is 0. The molecule has 0 amide bonds. The second-order valence-corrected chi connectivity index (χ2v) is 5.74. The molecule has 1 aromatic carbocycles. The molecule has 0 spiro atoms. The molecule has 1 aromatic rings. The molecule has 98 valence electrons. The molecule has 1 aliphatic carbocycles. The van der Waals surface area contributed by atoms with Crippen LogP contribution in [0.15, 0.2) is 24.3 Å². The highest BCUT2D eigenvalue weighted by atomic mass is 14.9. The first-order valence-corrected chi connectivity index (χ1v) is 7.49. The summed E-state index contributed by atoms with van der Waals surface area (Å²) in [4.78, 5) is 0. The lowest BCUT2D eigenvalue weighted by Gasteiger charge is -2.30. The summed E-state index contributed by atoms with van der Waals surface area (Å²) < 4.78 is 0. The Hall–Kier alpha value is -1.02. The first-order valence-electron chi connectivity index (χ1n) is 7.49. The molecule has 1 fully saturated rings. The van der Waals surface area contributed by atoms with Crippen molar-refractivity contribution in [2.24, 2.45) is 0 Å². The molecule has 1 atom stereocenters. The van der Waals surface area contributed by atoms with Gasteiger partial charge in [-0.1, -0.05) is 37.5 Å². The fourth-order valence-electron chi connectivity index (χ4n) is 3.38. The predicted molar refractivity (Wildman–Crippen MR) is 77.2 cm³/mol. The SMILES string of the molecule is c1ccc2c(c1)NCCC2CNC1CCCCC1. The highest BCUT2D eigenvalue weighted by Crippen LogP contribution is 2.31. The van der Waals surface area contributed by atoms with E-state index in [1.807, 2.05) is 0 Å². The summed E-state index contributed by atoms with van der Waals surface area (Å²) in [5.74, 6) is 0.698. The Balaban J connectivity index is 1.60. The smallest absolute Gasteiger partial charge is 0.0376 e. The van der Waals surface area contributed by atoms with E-state index in [2.05, 4.69) is 34.9 Å². The Morgan fingerprint density at radius 2 is 1.89 bits per heavy atom. The van der Waals surface area contributed by atoms with E-state index in [-0.39, 0.29) is 0 Å². The molecule has 1 heterocycles. The molecule has 0 radical (unpaired) electrons. The van der Waals surface area contributed by atoms with Crippen molar-refractivity contribution in [1.29, 1.82) is 0 Å². The van der Waals surface area contributed by atoms with Crippen LogP contribution in [0, 0.1) is 0 Å². The summed E-state index contributed by atoms with van der Waals surface area (Å²) in [5, 5.41) is 7.31. The number of hydrogen-bond donors (Lipinski definition) is 2. The van der Waals surface area contributed by atoms with Crippen molar-refractivity contribution in [3.05, 3.63) is 29.8 Å². The maximum atomic E-state index is 3.80. The van der Waals surface area contributed by atoms with Gasteiger partial charge in [-0.2, -0.15) is 0 Å². The summed E-state index contributed by atoms with van der Waals surface area (Å²) in [6.45, 7) is 2.28. The van der Waals surface area contributed by atoms with Crippen molar-refractivity contribution in [2.75, 3.05) is 18.4 Å². The second kappa shape index (κ2) is 5.75. The lowest BCUT2D eigenvalue weighted by atomic mass is 9.89. The van der Waals surface area contributed by atoms with Crippen LogP contribution in [0.25, 0.3) is 0 Å². The molecule has 1 saturated carbocycles. The van der Waals surface area contributed by atoms with Gasteiger partial charge in [0.25, 0.3) is 0 Å². The normalized spacial score (nSPS) is 24.3. The average Bonchev–Trinajstić information content (AvgIpc) is 2.46. The Morgan fingerprint density at radius 1 is 1.06 bits per heavy atom. The maximum absolute atomic E-state index is 3.80. The summed E-state index contributed by atoms with van der Waals surface area (Å²) in [5.41, 5.74) is 2.85. The van der Waals surface area contributed by atoms with Gasteiger partial charge in [0.05, 0.1) is 0 Å². The topological polar surface area (TPSA) is 24.1 Å². The van der Waals surface area contributed by atoms with Gasteiger partial charge >= 0.3 is 0 Å². The van der Waals surface area contributed by atoms with E-state index in [9.17, 15) is 0 Å². The van der Waals surface area contributed by atoms with Crippen LogP contribution in [0.3, 0.4) is 0 Å². The molecule has 0 aromatic heterocycles. The van der Waals surface area contributed by atoms with Gasteiger partial charge in [0.1, 0.15) is 0 Å². The monoisotopic (exact) mass is 244 g/mol. The van der Waals surface area contributed by atoms with Crippen molar-refractivity contribution in [1.82, 2.24) is 5.32 Å². The third-order valence-corrected chi connectivity index (χ3v) is 4.47. The zero-order valence-corrected chi connectivity index (χ0v) is 11.1. The second-order valence-electron chi connectivity index (χ2n) is 5.74. The van der Waals surface area contributed by atoms with Gasteiger partial charge in [0.15, 0.2) is 0 Å².